The molecule has 1 fully saturated rings. The third kappa shape index (κ3) is 5.67. The van der Waals surface area contributed by atoms with E-state index in [-0.39, 0.29) is 23.8 Å². The highest BCUT2D eigenvalue weighted by Crippen LogP contribution is 2.23. The number of carbonyl (C=O) groups is 2. The smallest absolute Gasteiger partial charge is 0.253 e. The summed E-state index contributed by atoms with van der Waals surface area (Å²) in [4.78, 5) is 27.8. The molecule has 0 bridgehead atoms. The molecule has 1 heterocycles. The number of rotatable bonds is 6. The molecular formula is C24H31N3O2. The van der Waals surface area contributed by atoms with Gasteiger partial charge in [0.2, 0.25) is 5.91 Å². The molecule has 0 spiro atoms. The molecule has 1 aliphatic heterocycles. The van der Waals surface area contributed by atoms with Crippen molar-refractivity contribution in [3.8, 4) is 0 Å². The first-order chi connectivity index (χ1) is 13.9. The summed E-state index contributed by atoms with van der Waals surface area (Å²) in [6, 6.07) is 15.6. The van der Waals surface area contributed by atoms with Crippen LogP contribution in [0.3, 0.4) is 0 Å². The van der Waals surface area contributed by atoms with Crippen molar-refractivity contribution in [3.63, 3.8) is 0 Å². The standard InChI is InChI=1S/C24H31N3O2/c1-17(2)25-24(29)21-12-6-7-13-22(21)26-23(28)20-11-8-14-27(16-20)15-19-10-5-4-9-18(19)3/h4-7,9-10,12-13,17,20H,8,11,14-16H2,1-3H3,(H,25,29)(H,26,28). The van der Waals surface area contributed by atoms with Gasteiger partial charge in [-0.2, -0.15) is 0 Å². The number of benzene rings is 2. The molecule has 3 rings (SSSR count). The lowest BCUT2D eigenvalue weighted by atomic mass is 9.96. The lowest BCUT2D eigenvalue weighted by molar-refractivity contribution is -0.121. The van der Waals surface area contributed by atoms with E-state index in [9.17, 15) is 9.59 Å². The number of hydrogen-bond donors (Lipinski definition) is 2. The van der Waals surface area contributed by atoms with Crippen LogP contribution in [0, 0.1) is 12.8 Å². The van der Waals surface area contributed by atoms with Gasteiger partial charge in [-0.05, 0) is 63.4 Å². The highest BCUT2D eigenvalue weighted by Gasteiger charge is 2.27. The first kappa shape index (κ1) is 21.1. The van der Waals surface area contributed by atoms with Gasteiger partial charge >= 0.3 is 0 Å². The molecule has 2 N–H and O–H groups in total. The number of carbonyl (C=O) groups excluding carboxylic acids is 2. The Morgan fingerprint density at radius 1 is 1.10 bits per heavy atom. The molecule has 0 aromatic heterocycles. The van der Waals surface area contributed by atoms with E-state index in [2.05, 4.69) is 46.7 Å². The van der Waals surface area contributed by atoms with Crippen molar-refractivity contribution in [1.29, 1.82) is 0 Å². The Balaban J connectivity index is 1.65. The Labute approximate surface area is 173 Å². The number of aryl methyl sites for hydroxylation is 1. The highest BCUT2D eigenvalue weighted by atomic mass is 16.2. The quantitative estimate of drug-likeness (QED) is 0.780. The third-order valence-corrected chi connectivity index (χ3v) is 5.38. The van der Waals surface area contributed by atoms with Crippen molar-refractivity contribution in [1.82, 2.24) is 10.2 Å². The van der Waals surface area contributed by atoms with Crippen molar-refractivity contribution in [3.05, 3.63) is 65.2 Å². The summed E-state index contributed by atoms with van der Waals surface area (Å²) in [5.41, 5.74) is 3.67. The van der Waals surface area contributed by atoms with Crippen LogP contribution in [-0.2, 0) is 11.3 Å². The number of hydrogen-bond acceptors (Lipinski definition) is 3. The topological polar surface area (TPSA) is 61.4 Å². The van der Waals surface area contributed by atoms with E-state index in [1.54, 1.807) is 12.1 Å². The number of para-hydroxylation sites is 1. The molecule has 154 valence electrons. The minimum Gasteiger partial charge on any atom is -0.350 e. The number of nitrogens with zero attached hydrogens (tertiary/aromatic N) is 1. The zero-order valence-corrected chi connectivity index (χ0v) is 17.6. The predicted octanol–water partition coefficient (Wildman–Crippen LogP) is 3.98. The van der Waals surface area contributed by atoms with E-state index in [0.717, 1.165) is 32.5 Å². The number of likely N-dealkylation sites (tertiary alicyclic amines) is 1. The van der Waals surface area contributed by atoms with Gasteiger partial charge in [0.15, 0.2) is 0 Å². The minimum atomic E-state index is -0.166. The molecule has 0 saturated carbocycles. The normalized spacial score (nSPS) is 17.2. The Bertz CT molecular complexity index is 863. The molecule has 1 atom stereocenters. The summed E-state index contributed by atoms with van der Waals surface area (Å²) >= 11 is 0. The second kappa shape index (κ2) is 9.70. The van der Waals surface area contributed by atoms with E-state index in [1.165, 1.54) is 11.1 Å². The summed E-state index contributed by atoms with van der Waals surface area (Å²) in [6.07, 6.45) is 1.87. The van der Waals surface area contributed by atoms with Gasteiger partial charge in [-0.25, -0.2) is 0 Å². The fraction of sp³-hybridized carbons (Fsp3) is 0.417. The van der Waals surface area contributed by atoms with E-state index in [0.29, 0.717) is 11.3 Å². The Hall–Kier alpha value is -2.66. The van der Waals surface area contributed by atoms with Gasteiger partial charge in [-0.3, -0.25) is 14.5 Å². The minimum absolute atomic E-state index is 0.00993. The van der Waals surface area contributed by atoms with Gasteiger partial charge in [0.25, 0.3) is 5.91 Å². The number of nitrogens with one attached hydrogen (secondary N) is 2. The molecule has 0 aliphatic carbocycles. The largest absolute Gasteiger partial charge is 0.350 e. The highest BCUT2D eigenvalue weighted by molar-refractivity contribution is 6.04. The van der Waals surface area contributed by atoms with Gasteiger partial charge in [-0.1, -0.05) is 36.4 Å². The van der Waals surface area contributed by atoms with Crippen molar-refractivity contribution >= 4 is 17.5 Å². The monoisotopic (exact) mass is 393 g/mol. The number of anilines is 1. The maximum atomic E-state index is 13.0. The van der Waals surface area contributed by atoms with E-state index < -0.39 is 0 Å². The van der Waals surface area contributed by atoms with Crippen LogP contribution in [-0.4, -0.2) is 35.8 Å². The van der Waals surface area contributed by atoms with Crippen molar-refractivity contribution in [2.45, 2.75) is 46.2 Å². The molecule has 2 aromatic carbocycles. The van der Waals surface area contributed by atoms with Crippen LogP contribution in [0.15, 0.2) is 48.5 Å². The molecule has 1 aliphatic rings. The molecule has 1 unspecified atom stereocenters. The second-order valence-corrected chi connectivity index (χ2v) is 8.16. The zero-order chi connectivity index (χ0) is 20.8. The van der Waals surface area contributed by atoms with Crippen molar-refractivity contribution in [2.24, 2.45) is 5.92 Å². The third-order valence-electron chi connectivity index (χ3n) is 5.38. The van der Waals surface area contributed by atoms with Crippen LogP contribution in [0.5, 0.6) is 0 Å². The first-order valence-corrected chi connectivity index (χ1v) is 10.4. The van der Waals surface area contributed by atoms with Gasteiger partial charge in [0, 0.05) is 19.1 Å². The Morgan fingerprint density at radius 2 is 1.83 bits per heavy atom. The molecule has 29 heavy (non-hydrogen) atoms. The predicted molar refractivity (Wildman–Crippen MR) is 117 cm³/mol. The fourth-order valence-corrected chi connectivity index (χ4v) is 3.81. The summed E-state index contributed by atoms with van der Waals surface area (Å²) in [6.45, 7) is 8.58. The molecular weight excluding hydrogens is 362 g/mol. The molecule has 0 radical (unpaired) electrons. The van der Waals surface area contributed by atoms with Crippen LogP contribution in [0.2, 0.25) is 0 Å². The van der Waals surface area contributed by atoms with E-state index in [1.807, 2.05) is 26.0 Å². The second-order valence-electron chi connectivity index (χ2n) is 8.16. The molecule has 2 aromatic rings. The van der Waals surface area contributed by atoms with Crippen LogP contribution in [0.25, 0.3) is 0 Å². The van der Waals surface area contributed by atoms with Crippen molar-refractivity contribution in [2.75, 3.05) is 18.4 Å². The van der Waals surface area contributed by atoms with Gasteiger partial charge < -0.3 is 10.6 Å². The van der Waals surface area contributed by atoms with Crippen LogP contribution in [0.1, 0.15) is 48.2 Å². The number of amides is 2. The van der Waals surface area contributed by atoms with Crippen LogP contribution >= 0.6 is 0 Å². The molecule has 2 amide bonds. The lowest BCUT2D eigenvalue weighted by Gasteiger charge is -2.32. The van der Waals surface area contributed by atoms with E-state index in [4.69, 9.17) is 0 Å². The van der Waals surface area contributed by atoms with Gasteiger partial charge in [0.05, 0.1) is 17.2 Å². The van der Waals surface area contributed by atoms with Gasteiger partial charge in [-0.15, -0.1) is 0 Å². The van der Waals surface area contributed by atoms with E-state index >= 15 is 0 Å². The van der Waals surface area contributed by atoms with Crippen LogP contribution in [0.4, 0.5) is 5.69 Å². The number of piperidine rings is 1. The molecule has 5 nitrogen and oxygen atoms in total. The fourth-order valence-electron chi connectivity index (χ4n) is 3.81. The summed E-state index contributed by atoms with van der Waals surface area (Å²) in [5, 5.41) is 5.90. The Kier molecular flexibility index (Phi) is 7.04. The van der Waals surface area contributed by atoms with Gasteiger partial charge in [0.1, 0.15) is 0 Å². The SMILES string of the molecule is Cc1ccccc1CN1CCCC(C(=O)Nc2ccccc2C(=O)NC(C)C)C1. The summed E-state index contributed by atoms with van der Waals surface area (Å²) < 4.78 is 0. The molecule has 5 heteroatoms. The summed E-state index contributed by atoms with van der Waals surface area (Å²) in [7, 11) is 0. The summed E-state index contributed by atoms with van der Waals surface area (Å²) in [5.74, 6) is -0.251. The van der Waals surface area contributed by atoms with Crippen molar-refractivity contribution < 1.29 is 9.59 Å². The lowest BCUT2D eigenvalue weighted by Crippen LogP contribution is -2.40. The molecule has 1 saturated heterocycles. The van der Waals surface area contributed by atoms with Crippen LogP contribution < -0.4 is 10.6 Å². The average molecular weight is 394 g/mol. The average Bonchev–Trinajstić information content (AvgIpc) is 2.70. The Morgan fingerprint density at radius 3 is 2.59 bits per heavy atom. The first-order valence-electron chi connectivity index (χ1n) is 10.4. The zero-order valence-electron chi connectivity index (χ0n) is 17.6. The maximum Gasteiger partial charge on any atom is 0.253 e. The maximum absolute atomic E-state index is 13.0.